The highest BCUT2D eigenvalue weighted by molar-refractivity contribution is 6.29. The van der Waals surface area contributed by atoms with Gasteiger partial charge < -0.3 is 4.74 Å². The average molecular weight is 273 g/mol. The van der Waals surface area contributed by atoms with Crippen molar-refractivity contribution < 1.29 is 4.74 Å². The summed E-state index contributed by atoms with van der Waals surface area (Å²) in [4.78, 5) is 12.3. The van der Waals surface area contributed by atoms with Gasteiger partial charge in [0.05, 0.1) is 6.20 Å². The van der Waals surface area contributed by atoms with Crippen molar-refractivity contribution >= 4 is 34.4 Å². The number of rotatable bonds is 1. The zero-order valence-corrected chi connectivity index (χ0v) is 10.4. The number of aromatic nitrogens is 4. The van der Waals surface area contributed by atoms with E-state index in [0.29, 0.717) is 16.4 Å². The van der Waals surface area contributed by atoms with Crippen LogP contribution in [0.2, 0.25) is 10.6 Å². The normalized spacial score (nSPS) is 17.8. The topological polar surface area (TPSA) is 52.8 Å². The van der Waals surface area contributed by atoms with Crippen molar-refractivity contribution in [3.63, 3.8) is 0 Å². The van der Waals surface area contributed by atoms with Crippen molar-refractivity contribution in [2.75, 3.05) is 13.2 Å². The summed E-state index contributed by atoms with van der Waals surface area (Å²) in [5.74, 6) is 0. The van der Waals surface area contributed by atoms with E-state index in [2.05, 4.69) is 15.0 Å². The largest absolute Gasteiger partial charge is 0.381 e. The van der Waals surface area contributed by atoms with Gasteiger partial charge in [-0.2, -0.15) is 4.98 Å². The maximum atomic E-state index is 6.15. The number of hydrogen-bond donors (Lipinski definition) is 0. The molecule has 1 fully saturated rings. The fourth-order valence-electron chi connectivity index (χ4n) is 2.11. The second-order valence-corrected chi connectivity index (χ2v) is 4.62. The molecule has 0 aromatic carbocycles. The summed E-state index contributed by atoms with van der Waals surface area (Å²) in [6, 6.07) is 0.271. The SMILES string of the molecule is Clc1ncc2nc(Cl)n(C3CCOCC3)c2n1. The van der Waals surface area contributed by atoms with Crippen LogP contribution in [0.4, 0.5) is 0 Å². The van der Waals surface area contributed by atoms with Gasteiger partial charge in [-0.15, -0.1) is 0 Å². The summed E-state index contributed by atoms with van der Waals surface area (Å²) in [6.45, 7) is 1.47. The highest BCUT2D eigenvalue weighted by Crippen LogP contribution is 2.29. The van der Waals surface area contributed by atoms with Crippen LogP contribution in [-0.2, 0) is 4.74 Å². The van der Waals surface area contributed by atoms with E-state index in [0.717, 1.165) is 26.1 Å². The zero-order valence-electron chi connectivity index (χ0n) is 8.94. The Hall–Kier alpha value is -0.910. The van der Waals surface area contributed by atoms with Gasteiger partial charge in [0.15, 0.2) is 5.65 Å². The third-order valence-electron chi connectivity index (χ3n) is 2.92. The Labute approximate surface area is 108 Å². The fourth-order valence-corrected chi connectivity index (χ4v) is 2.55. The minimum atomic E-state index is 0.211. The first-order valence-electron chi connectivity index (χ1n) is 5.39. The third kappa shape index (κ3) is 1.99. The molecule has 3 rings (SSSR count). The maximum absolute atomic E-state index is 6.15. The highest BCUT2D eigenvalue weighted by atomic mass is 35.5. The fraction of sp³-hybridized carbons (Fsp3) is 0.500. The molecule has 0 unspecified atom stereocenters. The Morgan fingerprint density at radius 1 is 1.24 bits per heavy atom. The molecule has 2 aromatic rings. The van der Waals surface area contributed by atoms with Crippen LogP contribution in [0, 0.1) is 0 Å². The molecule has 0 N–H and O–H groups in total. The molecule has 17 heavy (non-hydrogen) atoms. The van der Waals surface area contributed by atoms with Gasteiger partial charge in [-0.3, -0.25) is 4.57 Å². The van der Waals surface area contributed by atoms with Crippen molar-refractivity contribution in [3.05, 3.63) is 16.8 Å². The standard InChI is InChI=1S/C10H10Cl2N4O/c11-9-13-5-7-8(15-9)16(10(12)14-7)6-1-3-17-4-2-6/h5-6H,1-4H2. The molecule has 0 aliphatic carbocycles. The lowest BCUT2D eigenvalue weighted by atomic mass is 10.1. The van der Waals surface area contributed by atoms with Crippen molar-refractivity contribution in [1.82, 2.24) is 19.5 Å². The van der Waals surface area contributed by atoms with Gasteiger partial charge in [0.2, 0.25) is 10.6 Å². The van der Waals surface area contributed by atoms with E-state index in [1.54, 1.807) is 6.20 Å². The maximum Gasteiger partial charge on any atom is 0.224 e. The Bertz CT molecular complexity index is 550. The van der Waals surface area contributed by atoms with Gasteiger partial charge >= 0.3 is 0 Å². The van der Waals surface area contributed by atoms with Crippen LogP contribution in [0.5, 0.6) is 0 Å². The van der Waals surface area contributed by atoms with Gasteiger partial charge in [-0.1, -0.05) is 0 Å². The smallest absolute Gasteiger partial charge is 0.224 e. The van der Waals surface area contributed by atoms with Crippen LogP contribution in [0.3, 0.4) is 0 Å². The van der Waals surface area contributed by atoms with E-state index in [1.807, 2.05) is 4.57 Å². The summed E-state index contributed by atoms with van der Waals surface area (Å²) < 4.78 is 7.26. The first kappa shape index (κ1) is 11.2. The number of imidazole rings is 1. The molecule has 1 aliphatic heterocycles. The predicted molar refractivity (Wildman–Crippen MR) is 64.4 cm³/mol. The molecular formula is C10H10Cl2N4O. The van der Waals surface area contributed by atoms with Crippen LogP contribution in [-0.4, -0.2) is 32.7 Å². The highest BCUT2D eigenvalue weighted by Gasteiger charge is 2.22. The molecule has 0 spiro atoms. The Balaban J connectivity index is 2.13. The van der Waals surface area contributed by atoms with E-state index >= 15 is 0 Å². The lowest BCUT2D eigenvalue weighted by Gasteiger charge is -2.24. The summed E-state index contributed by atoms with van der Waals surface area (Å²) in [6.07, 6.45) is 3.41. The molecule has 1 aliphatic rings. The van der Waals surface area contributed by atoms with Crippen molar-refractivity contribution in [2.45, 2.75) is 18.9 Å². The number of fused-ring (bicyclic) bond motifs is 1. The van der Waals surface area contributed by atoms with E-state index in [-0.39, 0.29) is 11.3 Å². The van der Waals surface area contributed by atoms with Crippen LogP contribution in [0.1, 0.15) is 18.9 Å². The summed E-state index contributed by atoms with van der Waals surface area (Å²) >= 11 is 12.0. The molecule has 90 valence electrons. The van der Waals surface area contributed by atoms with Crippen molar-refractivity contribution in [1.29, 1.82) is 0 Å². The molecule has 3 heterocycles. The lowest BCUT2D eigenvalue weighted by Crippen LogP contribution is -2.20. The van der Waals surface area contributed by atoms with E-state index in [4.69, 9.17) is 27.9 Å². The number of nitrogens with zero attached hydrogens (tertiary/aromatic N) is 4. The van der Waals surface area contributed by atoms with Gasteiger partial charge in [0.1, 0.15) is 5.52 Å². The Kier molecular flexibility index (Phi) is 2.90. The molecule has 1 saturated heterocycles. The molecular weight excluding hydrogens is 263 g/mol. The van der Waals surface area contributed by atoms with Gasteiger partial charge in [-0.25, -0.2) is 9.97 Å². The van der Waals surface area contributed by atoms with Gasteiger partial charge in [-0.05, 0) is 36.0 Å². The Morgan fingerprint density at radius 2 is 2.00 bits per heavy atom. The van der Waals surface area contributed by atoms with Gasteiger partial charge in [0, 0.05) is 19.3 Å². The summed E-state index contributed by atoms with van der Waals surface area (Å²) in [7, 11) is 0. The van der Waals surface area contributed by atoms with Crippen LogP contribution in [0.15, 0.2) is 6.20 Å². The number of ether oxygens (including phenoxy) is 1. The molecule has 2 aromatic heterocycles. The minimum absolute atomic E-state index is 0.211. The van der Waals surface area contributed by atoms with E-state index < -0.39 is 0 Å². The second kappa shape index (κ2) is 4.40. The van der Waals surface area contributed by atoms with Crippen molar-refractivity contribution in [2.24, 2.45) is 0 Å². The quantitative estimate of drug-likeness (QED) is 0.591. The predicted octanol–water partition coefficient (Wildman–Crippen LogP) is 2.48. The molecule has 0 radical (unpaired) electrons. The van der Waals surface area contributed by atoms with Crippen molar-refractivity contribution in [3.8, 4) is 0 Å². The molecule has 7 heteroatoms. The minimum Gasteiger partial charge on any atom is -0.381 e. The second-order valence-electron chi connectivity index (χ2n) is 3.94. The molecule has 0 bridgehead atoms. The first-order chi connectivity index (χ1) is 8.25. The van der Waals surface area contributed by atoms with Crippen LogP contribution >= 0.6 is 23.2 Å². The molecule has 5 nitrogen and oxygen atoms in total. The number of hydrogen-bond acceptors (Lipinski definition) is 4. The molecule has 0 atom stereocenters. The third-order valence-corrected chi connectivity index (χ3v) is 3.37. The number of halogens is 2. The molecule has 0 saturated carbocycles. The monoisotopic (exact) mass is 272 g/mol. The van der Waals surface area contributed by atoms with E-state index in [1.165, 1.54) is 0 Å². The average Bonchev–Trinajstić information content (AvgIpc) is 2.65. The first-order valence-corrected chi connectivity index (χ1v) is 6.15. The van der Waals surface area contributed by atoms with Crippen LogP contribution < -0.4 is 0 Å². The Morgan fingerprint density at radius 3 is 2.76 bits per heavy atom. The summed E-state index contributed by atoms with van der Waals surface area (Å²) in [5, 5.41) is 0.644. The summed E-state index contributed by atoms with van der Waals surface area (Å²) in [5.41, 5.74) is 1.37. The lowest BCUT2D eigenvalue weighted by molar-refractivity contribution is 0.0705. The van der Waals surface area contributed by atoms with E-state index in [9.17, 15) is 0 Å². The zero-order chi connectivity index (χ0) is 11.8. The van der Waals surface area contributed by atoms with Crippen LogP contribution in [0.25, 0.3) is 11.2 Å². The molecule has 0 amide bonds. The van der Waals surface area contributed by atoms with Gasteiger partial charge in [0.25, 0.3) is 0 Å².